The molecule has 0 saturated carbocycles. The van der Waals surface area contributed by atoms with Crippen LogP contribution in [0.3, 0.4) is 0 Å². The fraction of sp³-hybridized carbons (Fsp3) is 0.467. The summed E-state index contributed by atoms with van der Waals surface area (Å²) in [5.41, 5.74) is 8.05. The van der Waals surface area contributed by atoms with Crippen LogP contribution in [-0.4, -0.2) is 48.4 Å². The largest absolute Gasteiger partial charge is 0.398 e. The maximum Gasteiger partial charge on any atom is 0.254 e. The lowest BCUT2D eigenvalue weighted by Gasteiger charge is -2.34. The van der Waals surface area contributed by atoms with Crippen LogP contribution in [-0.2, 0) is 0 Å². The Morgan fingerprint density at radius 2 is 2.05 bits per heavy atom. The van der Waals surface area contributed by atoms with Crippen LogP contribution >= 0.6 is 0 Å². The quantitative estimate of drug-likeness (QED) is 0.840. The molecule has 1 aromatic rings. The summed E-state index contributed by atoms with van der Waals surface area (Å²) in [6, 6.07) is 7.61. The number of anilines is 1. The van der Waals surface area contributed by atoms with Crippen molar-refractivity contribution >= 4 is 11.6 Å². The maximum absolute atomic E-state index is 12.5. The van der Waals surface area contributed by atoms with E-state index < -0.39 is 0 Å². The van der Waals surface area contributed by atoms with Gasteiger partial charge in [-0.15, -0.1) is 0 Å². The van der Waals surface area contributed by atoms with Crippen molar-refractivity contribution in [1.82, 2.24) is 9.80 Å². The third kappa shape index (κ3) is 3.09. The summed E-state index contributed by atoms with van der Waals surface area (Å²) in [7, 11) is 0. The zero-order chi connectivity index (χ0) is 14.5. The minimum absolute atomic E-state index is 0.0507. The van der Waals surface area contributed by atoms with E-state index in [0.717, 1.165) is 25.2 Å². The Morgan fingerprint density at radius 1 is 1.35 bits per heavy atom. The first-order chi connectivity index (χ1) is 9.63. The fourth-order valence-electron chi connectivity index (χ4n) is 2.44. The molecule has 1 aliphatic heterocycles. The van der Waals surface area contributed by atoms with E-state index in [4.69, 9.17) is 11.0 Å². The van der Waals surface area contributed by atoms with Crippen LogP contribution in [0, 0.1) is 18.3 Å². The van der Waals surface area contributed by atoms with E-state index in [2.05, 4.69) is 11.0 Å². The van der Waals surface area contributed by atoms with Gasteiger partial charge in [-0.25, -0.2) is 0 Å². The summed E-state index contributed by atoms with van der Waals surface area (Å²) in [6.07, 6.45) is 0.544. The standard InChI is InChI=1S/C15H20N4O/c1-12-13(4-2-5-14(12)17)15(20)19-10-8-18(9-11-19)7-3-6-16/h2,4-5H,3,7-11,17H2,1H3. The number of hydrogen-bond acceptors (Lipinski definition) is 4. The van der Waals surface area contributed by atoms with E-state index >= 15 is 0 Å². The topological polar surface area (TPSA) is 73.4 Å². The van der Waals surface area contributed by atoms with Crippen molar-refractivity contribution in [2.45, 2.75) is 13.3 Å². The number of nitrogens with two attached hydrogens (primary N) is 1. The molecule has 0 aromatic heterocycles. The zero-order valence-electron chi connectivity index (χ0n) is 11.8. The van der Waals surface area contributed by atoms with Crippen molar-refractivity contribution in [1.29, 1.82) is 5.26 Å². The van der Waals surface area contributed by atoms with E-state index in [9.17, 15) is 4.79 Å². The zero-order valence-corrected chi connectivity index (χ0v) is 11.8. The average molecular weight is 272 g/mol. The van der Waals surface area contributed by atoms with Crippen molar-refractivity contribution in [3.63, 3.8) is 0 Å². The number of benzene rings is 1. The predicted molar refractivity (Wildman–Crippen MR) is 78.2 cm³/mol. The van der Waals surface area contributed by atoms with Crippen LogP contribution in [0.4, 0.5) is 5.69 Å². The summed E-state index contributed by atoms with van der Waals surface area (Å²) < 4.78 is 0. The van der Waals surface area contributed by atoms with Crippen molar-refractivity contribution < 1.29 is 4.79 Å². The Hall–Kier alpha value is -2.06. The van der Waals surface area contributed by atoms with E-state index in [-0.39, 0.29) is 5.91 Å². The molecule has 5 nitrogen and oxygen atoms in total. The van der Waals surface area contributed by atoms with Crippen LogP contribution in [0.2, 0.25) is 0 Å². The van der Waals surface area contributed by atoms with Gasteiger partial charge in [-0.1, -0.05) is 6.07 Å². The molecule has 1 amide bonds. The van der Waals surface area contributed by atoms with Gasteiger partial charge in [-0.3, -0.25) is 9.69 Å². The Labute approximate surface area is 119 Å². The van der Waals surface area contributed by atoms with Gasteiger partial charge in [-0.2, -0.15) is 5.26 Å². The molecule has 106 valence electrons. The SMILES string of the molecule is Cc1c(N)cccc1C(=O)N1CCN(CCC#N)CC1. The Kier molecular flexibility index (Phi) is 4.59. The number of rotatable bonds is 3. The van der Waals surface area contributed by atoms with Gasteiger partial charge >= 0.3 is 0 Å². The normalized spacial score (nSPS) is 15.9. The Bertz CT molecular complexity index is 527. The van der Waals surface area contributed by atoms with Crippen LogP contribution in [0.15, 0.2) is 18.2 Å². The molecule has 5 heteroatoms. The first-order valence-corrected chi connectivity index (χ1v) is 6.87. The molecule has 0 atom stereocenters. The number of nitriles is 1. The van der Waals surface area contributed by atoms with E-state index in [1.807, 2.05) is 30.0 Å². The molecular formula is C15H20N4O. The number of hydrogen-bond donors (Lipinski definition) is 1. The number of nitrogen functional groups attached to an aromatic ring is 1. The molecule has 0 spiro atoms. The molecule has 20 heavy (non-hydrogen) atoms. The van der Waals surface area contributed by atoms with E-state index in [1.165, 1.54) is 0 Å². The van der Waals surface area contributed by atoms with Gasteiger partial charge in [0.2, 0.25) is 0 Å². The summed E-state index contributed by atoms with van der Waals surface area (Å²) in [4.78, 5) is 16.6. The summed E-state index contributed by atoms with van der Waals surface area (Å²) >= 11 is 0. The van der Waals surface area contributed by atoms with Gasteiger partial charge in [0.05, 0.1) is 6.07 Å². The number of amides is 1. The fourth-order valence-corrected chi connectivity index (χ4v) is 2.44. The van der Waals surface area contributed by atoms with Gasteiger partial charge in [0, 0.05) is 50.4 Å². The number of nitrogens with zero attached hydrogens (tertiary/aromatic N) is 3. The summed E-state index contributed by atoms with van der Waals surface area (Å²) in [5, 5.41) is 8.59. The molecule has 1 aromatic carbocycles. The number of piperazine rings is 1. The molecule has 0 unspecified atom stereocenters. The smallest absolute Gasteiger partial charge is 0.254 e. The maximum atomic E-state index is 12.5. The molecule has 0 radical (unpaired) electrons. The molecule has 0 aliphatic carbocycles. The first kappa shape index (κ1) is 14.4. The van der Waals surface area contributed by atoms with E-state index in [1.54, 1.807) is 0 Å². The predicted octanol–water partition coefficient (Wildman–Crippen LogP) is 1.25. The van der Waals surface area contributed by atoms with Gasteiger partial charge in [0.1, 0.15) is 0 Å². The second kappa shape index (κ2) is 6.40. The Morgan fingerprint density at radius 3 is 2.70 bits per heavy atom. The highest BCUT2D eigenvalue weighted by Gasteiger charge is 2.23. The molecule has 1 heterocycles. The van der Waals surface area contributed by atoms with Crippen molar-refractivity contribution in [2.75, 3.05) is 38.5 Å². The Balaban J connectivity index is 1.98. The van der Waals surface area contributed by atoms with Gasteiger partial charge in [0.15, 0.2) is 0 Å². The third-order valence-corrected chi connectivity index (χ3v) is 3.81. The molecular weight excluding hydrogens is 252 g/mol. The van der Waals surface area contributed by atoms with Crippen LogP contribution in [0.5, 0.6) is 0 Å². The molecule has 2 rings (SSSR count). The molecule has 1 fully saturated rings. The van der Waals surface area contributed by atoms with Gasteiger partial charge in [0.25, 0.3) is 5.91 Å². The number of carbonyl (C=O) groups is 1. The highest BCUT2D eigenvalue weighted by molar-refractivity contribution is 5.97. The lowest BCUT2D eigenvalue weighted by molar-refractivity contribution is 0.0639. The average Bonchev–Trinajstić information content (AvgIpc) is 2.48. The first-order valence-electron chi connectivity index (χ1n) is 6.87. The highest BCUT2D eigenvalue weighted by Crippen LogP contribution is 2.18. The van der Waals surface area contributed by atoms with Gasteiger partial charge < -0.3 is 10.6 Å². The second-order valence-corrected chi connectivity index (χ2v) is 5.06. The summed E-state index contributed by atoms with van der Waals surface area (Å²) in [6.45, 7) is 5.74. The summed E-state index contributed by atoms with van der Waals surface area (Å²) in [5.74, 6) is 0.0507. The van der Waals surface area contributed by atoms with Crippen LogP contribution in [0.1, 0.15) is 22.3 Å². The van der Waals surface area contributed by atoms with Crippen molar-refractivity contribution in [3.8, 4) is 6.07 Å². The van der Waals surface area contributed by atoms with Crippen LogP contribution < -0.4 is 5.73 Å². The van der Waals surface area contributed by atoms with Crippen molar-refractivity contribution in [3.05, 3.63) is 29.3 Å². The number of carbonyl (C=O) groups excluding carboxylic acids is 1. The minimum atomic E-state index is 0.0507. The van der Waals surface area contributed by atoms with Gasteiger partial charge in [-0.05, 0) is 24.6 Å². The lowest BCUT2D eigenvalue weighted by Crippen LogP contribution is -2.48. The third-order valence-electron chi connectivity index (χ3n) is 3.81. The molecule has 2 N–H and O–H groups in total. The highest BCUT2D eigenvalue weighted by atomic mass is 16.2. The minimum Gasteiger partial charge on any atom is -0.398 e. The van der Waals surface area contributed by atoms with Crippen molar-refractivity contribution in [2.24, 2.45) is 0 Å². The monoisotopic (exact) mass is 272 g/mol. The molecule has 1 aliphatic rings. The molecule has 1 saturated heterocycles. The second-order valence-electron chi connectivity index (χ2n) is 5.06. The van der Waals surface area contributed by atoms with E-state index in [0.29, 0.717) is 30.8 Å². The van der Waals surface area contributed by atoms with Crippen LogP contribution in [0.25, 0.3) is 0 Å². The molecule has 0 bridgehead atoms. The lowest BCUT2D eigenvalue weighted by atomic mass is 10.1.